The van der Waals surface area contributed by atoms with Crippen molar-refractivity contribution in [1.29, 1.82) is 0 Å². The normalized spacial score (nSPS) is 10.7. The van der Waals surface area contributed by atoms with E-state index in [2.05, 4.69) is 15.3 Å². The third-order valence-electron chi connectivity index (χ3n) is 3.17. The quantitative estimate of drug-likeness (QED) is 0.765. The molecule has 0 saturated heterocycles. The molecule has 2 heterocycles. The molecule has 100 valence electrons. The van der Waals surface area contributed by atoms with Crippen molar-refractivity contribution in [2.45, 2.75) is 13.5 Å². The van der Waals surface area contributed by atoms with E-state index in [1.807, 2.05) is 49.4 Å². The number of carbonyl (C=O) groups is 1. The van der Waals surface area contributed by atoms with Gasteiger partial charge in [-0.25, -0.2) is 0 Å². The molecular weight excluding hydrogens is 250 g/mol. The van der Waals surface area contributed by atoms with Crippen molar-refractivity contribution in [2.75, 3.05) is 0 Å². The summed E-state index contributed by atoms with van der Waals surface area (Å²) < 4.78 is 0. The van der Waals surface area contributed by atoms with Gasteiger partial charge in [-0.05, 0) is 43.3 Å². The summed E-state index contributed by atoms with van der Waals surface area (Å²) in [5.74, 6) is -0.0867. The molecule has 0 saturated carbocycles. The Morgan fingerprint density at radius 1 is 1.25 bits per heavy atom. The van der Waals surface area contributed by atoms with Crippen LogP contribution in [0.1, 0.15) is 21.7 Å². The van der Waals surface area contributed by atoms with Crippen LogP contribution >= 0.6 is 0 Å². The number of aromatic amines is 1. The predicted molar refractivity (Wildman–Crippen MR) is 78.4 cm³/mol. The molecule has 2 N–H and O–H groups in total. The van der Waals surface area contributed by atoms with Gasteiger partial charge in [0.25, 0.3) is 5.91 Å². The van der Waals surface area contributed by atoms with Gasteiger partial charge >= 0.3 is 0 Å². The highest BCUT2D eigenvalue weighted by Gasteiger charge is 2.07. The molecule has 0 spiro atoms. The van der Waals surface area contributed by atoms with Crippen LogP contribution in [0.5, 0.6) is 0 Å². The predicted octanol–water partition coefficient (Wildman–Crippen LogP) is 2.80. The van der Waals surface area contributed by atoms with Crippen molar-refractivity contribution in [3.05, 3.63) is 65.6 Å². The maximum atomic E-state index is 12.1. The molecule has 4 nitrogen and oxygen atoms in total. The molecule has 0 bridgehead atoms. The first kappa shape index (κ1) is 12.4. The van der Waals surface area contributed by atoms with Gasteiger partial charge in [0.05, 0.1) is 12.2 Å². The Hall–Kier alpha value is -2.62. The number of rotatable bonds is 3. The molecule has 1 aromatic carbocycles. The summed E-state index contributed by atoms with van der Waals surface area (Å²) in [6.07, 6.45) is 1.72. The van der Waals surface area contributed by atoms with E-state index >= 15 is 0 Å². The van der Waals surface area contributed by atoms with Gasteiger partial charge in [0.1, 0.15) is 0 Å². The standard InChI is InChI=1S/C16H15N3O/c1-11-8-13-9-12(5-6-15(13)19-11)16(20)18-10-14-4-2-3-7-17-14/h2-9,19H,10H2,1H3,(H,18,20). The fourth-order valence-corrected chi connectivity index (χ4v) is 2.19. The van der Waals surface area contributed by atoms with Gasteiger partial charge in [-0.3, -0.25) is 9.78 Å². The van der Waals surface area contributed by atoms with Gasteiger partial charge in [0.15, 0.2) is 0 Å². The minimum atomic E-state index is -0.0867. The van der Waals surface area contributed by atoms with E-state index in [-0.39, 0.29) is 5.91 Å². The van der Waals surface area contributed by atoms with Crippen molar-refractivity contribution in [3.8, 4) is 0 Å². The highest BCUT2D eigenvalue weighted by Crippen LogP contribution is 2.16. The lowest BCUT2D eigenvalue weighted by Crippen LogP contribution is -2.23. The van der Waals surface area contributed by atoms with E-state index < -0.39 is 0 Å². The number of nitrogens with one attached hydrogen (secondary N) is 2. The van der Waals surface area contributed by atoms with E-state index in [1.165, 1.54) is 0 Å². The van der Waals surface area contributed by atoms with Crippen LogP contribution in [-0.2, 0) is 6.54 Å². The van der Waals surface area contributed by atoms with E-state index in [9.17, 15) is 4.79 Å². The van der Waals surface area contributed by atoms with E-state index in [1.54, 1.807) is 6.20 Å². The average molecular weight is 265 g/mol. The monoisotopic (exact) mass is 265 g/mol. The Bertz CT molecular complexity index is 747. The van der Waals surface area contributed by atoms with Crippen LogP contribution in [0, 0.1) is 6.92 Å². The second kappa shape index (κ2) is 5.17. The molecule has 0 aliphatic heterocycles. The van der Waals surface area contributed by atoms with Crippen molar-refractivity contribution < 1.29 is 4.79 Å². The number of hydrogen-bond donors (Lipinski definition) is 2. The van der Waals surface area contributed by atoms with E-state index in [0.29, 0.717) is 12.1 Å². The minimum absolute atomic E-state index is 0.0867. The zero-order valence-electron chi connectivity index (χ0n) is 11.2. The number of amides is 1. The van der Waals surface area contributed by atoms with Gasteiger partial charge < -0.3 is 10.3 Å². The highest BCUT2D eigenvalue weighted by molar-refractivity contribution is 5.98. The topological polar surface area (TPSA) is 57.8 Å². The summed E-state index contributed by atoms with van der Waals surface area (Å²) in [5.41, 5.74) is 3.64. The smallest absolute Gasteiger partial charge is 0.251 e. The first-order valence-electron chi connectivity index (χ1n) is 6.50. The first-order chi connectivity index (χ1) is 9.72. The lowest BCUT2D eigenvalue weighted by molar-refractivity contribution is 0.0950. The number of H-pyrrole nitrogens is 1. The molecule has 1 amide bonds. The van der Waals surface area contributed by atoms with E-state index in [4.69, 9.17) is 0 Å². The molecule has 4 heteroatoms. The molecule has 0 aliphatic rings. The van der Waals surface area contributed by atoms with Gasteiger partial charge in [0, 0.05) is 28.4 Å². The van der Waals surface area contributed by atoms with Crippen LogP contribution in [0.3, 0.4) is 0 Å². The number of benzene rings is 1. The molecule has 0 unspecified atom stereocenters. The lowest BCUT2D eigenvalue weighted by Gasteiger charge is -2.04. The van der Waals surface area contributed by atoms with Crippen molar-refractivity contribution in [3.63, 3.8) is 0 Å². The maximum absolute atomic E-state index is 12.1. The van der Waals surface area contributed by atoms with Gasteiger partial charge in [-0.15, -0.1) is 0 Å². The Labute approximate surface area is 116 Å². The third kappa shape index (κ3) is 2.54. The zero-order chi connectivity index (χ0) is 13.9. The molecule has 3 rings (SSSR count). The molecule has 2 aromatic heterocycles. The molecule has 0 atom stereocenters. The molecule has 20 heavy (non-hydrogen) atoms. The highest BCUT2D eigenvalue weighted by atomic mass is 16.1. The number of aromatic nitrogens is 2. The number of pyridine rings is 1. The van der Waals surface area contributed by atoms with Gasteiger partial charge in [-0.1, -0.05) is 6.07 Å². The van der Waals surface area contributed by atoms with Crippen LogP contribution in [-0.4, -0.2) is 15.9 Å². The lowest BCUT2D eigenvalue weighted by atomic mass is 10.1. The van der Waals surface area contributed by atoms with Crippen molar-refractivity contribution in [1.82, 2.24) is 15.3 Å². The Morgan fingerprint density at radius 3 is 2.95 bits per heavy atom. The number of carbonyl (C=O) groups excluding carboxylic acids is 1. The van der Waals surface area contributed by atoms with E-state index in [0.717, 1.165) is 22.3 Å². The SMILES string of the molecule is Cc1cc2cc(C(=O)NCc3ccccn3)ccc2[nH]1. The van der Waals surface area contributed by atoms with Crippen LogP contribution < -0.4 is 5.32 Å². The number of fused-ring (bicyclic) bond motifs is 1. The van der Waals surface area contributed by atoms with Crippen LogP contribution in [0.2, 0.25) is 0 Å². The van der Waals surface area contributed by atoms with Gasteiger partial charge in [0.2, 0.25) is 0 Å². The fraction of sp³-hybridized carbons (Fsp3) is 0.125. The summed E-state index contributed by atoms with van der Waals surface area (Å²) in [6, 6.07) is 13.3. The second-order valence-corrected chi connectivity index (χ2v) is 4.76. The summed E-state index contributed by atoms with van der Waals surface area (Å²) in [5, 5.41) is 3.92. The Morgan fingerprint density at radius 2 is 2.15 bits per heavy atom. The molecule has 3 aromatic rings. The average Bonchev–Trinajstić information content (AvgIpc) is 2.85. The summed E-state index contributed by atoms with van der Waals surface area (Å²) in [4.78, 5) is 19.5. The van der Waals surface area contributed by atoms with Crippen LogP contribution in [0.4, 0.5) is 0 Å². The minimum Gasteiger partial charge on any atom is -0.359 e. The second-order valence-electron chi connectivity index (χ2n) is 4.76. The first-order valence-corrected chi connectivity index (χ1v) is 6.50. The summed E-state index contributed by atoms with van der Waals surface area (Å²) in [6.45, 7) is 2.44. The summed E-state index contributed by atoms with van der Waals surface area (Å²) in [7, 11) is 0. The van der Waals surface area contributed by atoms with Crippen LogP contribution in [0.25, 0.3) is 10.9 Å². The largest absolute Gasteiger partial charge is 0.359 e. The number of nitrogens with zero attached hydrogens (tertiary/aromatic N) is 1. The maximum Gasteiger partial charge on any atom is 0.251 e. The summed E-state index contributed by atoms with van der Waals surface area (Å²) >= 11 is 0. The van der Waals surface area contributed by atoms with Crippen molar-refractivity contribution in [2.24, 2.45) is 0 Å². The number of hydrogen-bond acceptors (Lipinski definition) is 2. The molecular formula is C16H15N3O. The molecule has 0 fully saturated rings. The Balaban J connectivity index is 1.75. The van der Waals surface area contributed by atoms with Crippen molar-refractivity contribution >= 4 is 16.8 Å². The van der Waals surface area contributed by atoms with Crippen LogP contribution in [0.15, 0.2) is 48.7 Å². The van der Waals surface area contributed by atoms with Gasteiger partial charge in [-0.2, -0.15) is 0 Å². The Kier molecular flexibility index (Phi) is 3.21. The number of aryl methyl sites for hydroxylation is 1. The molecule has 0 radical (unpaired) electrons. The zero-order valence-corrected chi connectivity index (χ0v) is 11.2. The fourth-order valence-electron chi connectivity index (χ4n) is 2.19. The molecule has 0 aliphatic carbocycles. The third-order valence-corrected chi connectivity index (χ3v) is 3.17.